The lowest BCUT2D eigenvalue weighted by molar-refractivity contribution is -0.139. The van der Waals surface area contributed by atoms with Gasteiger partial charge in [-0.25, -0.2) is 0 Å². The first-order valence-corrected chi connectivity index (χ1v) is 10.2. The SMILES string of the molecule is COc1ccc(CCC(=O)N2CCN(C(=O)Cc3ccc(OC(F)F)cc3)CC2)cc1. The van der Waals surface area contributed by atoms with Crippen LogP contribution in [-0.2, 0) is 22.4 Å². The molecular formula is C23H26F2N2O4. The number of nitrogens with zero attached hydrogens (tertiary/aromatic N) is 2. The van der Waals surface area contributed by atoms with E-state index in [1.807, 2.05) is 24.3 Å². The molecule has 0 aliphatic carbocycles. The number of aryl methyl sites for hydroxylation is 1. The normalized spacial score (nSPS) is 13.9. The van der Waals surface area contributed by atoms with E-state index in [9.17, 15) is 18.4 Å². The molecule has 1 saturated heterocycles. The second-order valence-corrected chi connectivity index (χ2v) is 7.31. The van der Waals surface area contributed by atoms with Gasteiger partial charge in [0.1, 0.15) is 11.5 Å². The van der Waals surface area contributed by atoms with Crippen molar-refractivity contribution in [3.8, 4) is 11.5 Å². The van der Waals surface area contributed by atoms with E-state index >= 15 is 0 Å². The van der Waals surface area contributed by atoms with Crippen LogP contribution in [0.2, 0.25) is 0 Å². The summed E-state index contributed by atoms with van der Waals surface area (Å²) < 4.78 is 33.9. The fraction of sp³-hybridized carbons (Fsp3) is 0.391. The number of ether oxygens (including phenoxy) is 2. The summed E-state index contributed by atoms with van der Waals surface area (Å²) in [6, 6.07) is 13.7. The van der Waals surface area contributed by atoms with Gasteiger partial charge in [-0.15, -0.1) is 0 Å². The molecule has 0 atom stereocenters. The molecule has 1 aliphatic heterocycles. The molecule has 2 aromatic carbocycles. The minimum atomic E-state index is -2.87. The molecule has 166 valence electrons. The minimum absolute atomic E-state index is 0.0483. The fourth-order valence-electron chi connectivity index (χ4n) is 3.48. The third-order valence-electron chi connectivity index (χ3n) is 5.28. The molecule has 1 aliphatic rings. The zero-order valence-corrected chi connectivity index (χ0v) is 17.4. The van der Waals surface area contributed by atoms with Crippen LogP contribution in [-0.4, -0.2) is 61.5 Å². The van der Waals surface area contributed by atoms with Gasteiger partial charge in [0.15, 0.2) is 0 Å². The Morgan fingerprint density at radius 2 is 1.35 bits per heavy atom. The molecule has 0 bridgehead atoms. The van der Waals surface area contributed by atoms with Crippen LogP contribution < -0.4 is 9.47 Å². The highest BCUT2D eigenvalue weighted by atomic mass is 19.3. The first-order valence-electron chi connectivity index (χ1n) is 10.2. The molecule has 1 heterocycles. The molecule has 2 aromatic rings. The summed E-state index contributed by atoms with van der Waals surface area (Å²) in [4.78, 5) is 28.6. The zero-order valence-electron chi connectivity index (χ0n) is 17.4. The lowest BCUT2D eigenvalue weighted by Crippen LogP contribution is -2.51. The topological polar surface area (TPSA) is 59.1 Å². The Kier molecular flexibility index (Phi) is 7.81. The number of amides is 2. The molecular weight excluding hydrogens is 406 g/mol. The molecule has 0 spiro atoms. The van der Waals surface area contributed by atoms with E-state index in [0.717, 1.165) is 16.9 Å². The van der Waals surface area contributed by atoms with E-state index in [-0.39, 0.29) is 24.0 Å². The molecule has 0 radical (unpaired) electrons. The first kappa shape index (κ1) is 22.5. The summed E-state index contributed by atoms with van der Waals surface area (Å²) >= 11 is 0. The Hall–Kier alpha value is -3.16. The van der Waals surface area contributed by atoms with Crippen LogP contribution in [0.1, 0.15) is 17.5 Å². The number of methoxy groups -OCH3 is 1. The number of carbonyl (C=O) groups excluding carboxylic acids is 2. The van der Waals surface area contributed by atoms with Gasteiger partial charge in [0, 0.05) is 32.6 Å². The Morgan fingerprint density at radius 3 is 1.90 bits per heavy atom. The predicted octanol–water partition coefficient (Wildman–Crippen LogP) is 3.14. The van der Waals surface area contributed by atoms with Gasteiger partial charge in [-0.05, 0) is 41.8 Å². The van der Waals surface area contributed by atoms with Crippen molar-refractivity contribution in [1.82, 2.24) is 9.80 Å². The number of rotatable bonds is 8. The summed E-state index contributed by atoms with van der Waals surface area (Å²) in [6.07, 6.45) is 1.26. The molecule has 0 N–H and O–H groups in total. The number of hydrogen-bond acceptors (Lipinski definition) is 4. The van der Waals surface area contributed by atoms with Gasteiger partial charge in [0.05, 0.1) is 13.5 Å². The number of alkyl halides is 2. The van der Waals surface area contributed by atoms with Crippen LogP contribution in [0, 0.1) is 0 Å². The number of benzene rings is 2. The van der Waals surface area contributed by atoms with Crippen molar-refractivity contribution < 1.29 is 27.8 Å². The molecule has 8 heteroatoms. The van der Waals surface area contributed by atoms with E-state index < -0.39 is 6.61 Å². The number of halogens is 2. The maximum atomic E-state index is 12.5. The number of hydrogen-bond donors (Lipinski definition) is 0. The van der Waals surface area contributed by atoms with Crippen molar-refractivity contribution in [2.24, 2.45) is 0 Å². The van der Waals surface area contributed by atoms with Crippen LogP contribution in [0.25, 0.3) is 0 Å². The molecule has 0 saturated carbocycles. The minimum Gasteiger partial charge on any atom is -0.497 e. The summed E-state index contributed by atoms with van der Waals surface area (Å²) in [5.74, 6) is 0.881. The standard InChI is InChI=1S/C23H26F2N2O4/c1-30-19-7-2-17(3-8-19)6-11-21(28)26-12-14-27(15-13-26)22(29)16-18-4-9-20(10-5-18)31-23(24)25/h2-5,7-10,23H,6,11-16H2,1H3. The summed E-state index contributed by atoms with van der Waals surface area (Å²) in [6.45, 7) is -0.884. The fourth-order valence-corrected chi connectivity index (χ4v) is 3.48. The number of piperazine rings is 1. The maximum Gasteiger partial charge on any atom is 0.387 e. The second-order valence-electron chi connectivity index (χ2n) is 7.31. The van der Waals surface area contributed by atoms with Gasteiger partial charge in [0.2, 0.25) is 11.8 Å². The Morgan fingerprint density at radius 1 is 0.839 bits per heavy atom. The quantitative estimate of drug-likeness (QED) is 0.643. The smallest absolute Gasteiger partial charge is 0.387 e. The van der Waals surface area contributed by atoms with Gasteiger partial charge in [-0.1, -0.05) is 24.3 Å². The lowest BCUT2D eigenvalue weighted by Gasteiger charge is -2.35. The summed E-state index contributed by atoms with van der Waals surface area (Å²) in [5.41, 5.74) is 1.80. The molecule has 0 aromatic heterocycles. The molecule has 31 heavy (non-hydrogen) atoms. The molecule has 3 rings (SSSR count). The van der Waals surface area contributed by atoms with Crippen molar-refractivity contribution in [3.63, 3.8) is 0 Å². The van der Waals surface area contributed by atoms with E-state index in [1.165, 1.54) is 12.1 Å². The highest BCUT2D eigenvalue weighted by molar-refractivity contribution is 5.80. The van der Waals surface area contributed by atoms with Crippen LogP contribution >= 0.6 is 0 Å². The number of carbonyl (C=O) groups is 2. The van der Waals surface area contributed by atoms with Gasteiger partial charge in [-0.2, -0.15) is 8.78 Å². The Bertz CT molecular complexity index is 864. The monoisotopic (exact) mass is 432 g/mol. The Labute approximate surface area is 180 Å². The highest BCUT2D eigenvalue weighted by Gasteiger charge is 2.24. The molecule has 0 unspecified atom stereocenters. The lowest BCUT2D eigenvalue weighted by atomic mass is 10.1. The third-order valence-corrected chi connectivity index (χ3v) is 5.28. The van der Waals surface area contributed by atoms with Crippen molar-refractivity contribution >= 4 is 11.8 Å². The van der Waals surface area contributed by atoms with Crippen molar-refractivity contribution in [1.29, 1.82) is 0 Å². The average molecular weight is 432 g/mol. The van der Waals surface area contributed by atoms with Crippen LogP contribution in [0.4, 0.5) is 8.78 Å². The first-order chi connectivity index (χ1) is 14.9. The van der Waals surface area contributed by atoms with E-state index in [4.69, 9.17) is 4.74 Å². The third kappa shape index (κ3) is 6.67. The van der Waals surface area contributed by atoms with E-state index in [1.54, 1.807) is 29.0 Å². The molecule has 1 fully saturated rings. The molecule has 2 amide bonds. The van der Waals surface area contributed by atoms with Gasteiger partial charge >= 0.3 is 6.61 Å². The second kappa shape index (κ2) is 10.7. The van der Waals surface area contributed by atoms with E-state index in [0.29, 0.717) is 39.0 Å². The highest BCUT2D eigenvalue weighted by Crippen LogP contribution is 2.17. The van der Waals surface area contributed by atoms with Gasteiger partial charge in [-0.3, -0.25) is 9.59 Å². The van der Waals surface area contributed by atoms with Crippen molar-refractivity contribution in [2.75, 3.05) is 33.3 Å². The summed E-state index contributed by atoms with van der Waals surface area (Å²) in [5, 5.41) is 0. The predicted molar refractivity (Wildman–Crippen MR) is 111 cm³/mol. The van der Waals surface area contributed by atoms with Crippen LogP contribution in [0.15, 0.2) is 48.5 Å². The average Bonchev–Trinajstić information content (AvgIpc) is 2.79. The maximum absolute atomic E-state index is 12.5. The van der Waals surface area contributed by atoms with Gasteiger partial charge in [0.25, 0.3) is 0 Å². The zero-order chi connectivity index (χ0) is 22.2. The largest absolute Gasteiger partial charge is 0.497 e. The Balaban J connectivity index is 1.41. The van der Waals surface area contributed by atoms with E-state index in [2.05, 4.69) is 4.74 Å². The van der Waals surface area contributed by atoms with Crippen molar-refractivity contribution in [3.05, 3.63) is 59.7 Å². The van der Waals surface area contributed by atoms with Crippen molar-refractivity contribution in [2.45, 2.75) is 25.9 Å². The van der Waals surface area contributed by atoms with Crippen LogP contribution in [0.5, 0.6) is 11.5 Å². The summed E-state index contributed by atoms with van der Waals surface area (Å²) in [7, 11) is 1.62. The molecule has 6 nitrogen and oxygen atoms in total. The van der Waals surface area contributed by atoms with Crippen LogP contribution in [0.3, 0.4) is 0 Å². The van der Waals surface area contributed by atoms with Gasteiger partial charge < -0.3 is 19.3 Å².